The van der Waals surface area contributed by atoms with E-state index in [1.165, 1.54) is 26.2 Å². The van der Waals surface area contributed by atoms with Crippen molar-refractivity contribution in [2.24, 2.45) is 0 Å². The number of aromatic nitrogens is 2. The Morgan fingerprint density at radius 1 is 0.571 bits per heavy atom. The zero-order valence-corrected chi connectivity index (χ0v) is 40.5. The number of hydrogen-bond acceptors (Lipinski definition) is 14. The van der Waals surface area contributed by atoms with Crippen molar-refractivity contribution in [3.05, 3.63) is 162 Å². The zero-order chi connectivity index (χ0) is 50.6. The summed E-state index contributed by atoms with van der Waals surface area (Å²) in [5.74, 6) is -1.51. The Morgan fingerprint density at radius 2 is 0.957 bits per heavy atom. The van der Waals surface area contributed by atoms with Gasteiger partial charge in [-0.2, -0.15) is 10.5 Å². The fraction of sp³-hybridized carbons (Fsp3) is 0.240. The second kappa shape index (κ2) is 23.7. The molecule has 362 valence electrons. The smallest absolute Gasteiger partial charge is 0.326 e. The monoisotopic (exact) mass is 1030 g/mol. The summed E-state index contributed by atoms with van der Waals surface area (Å²) in [4.78, 5) is 32.0. The van der Waals surface area contributed by atoms with Crippen LogP contribution in [0.25, 0.3) is 11.1 Å². The average Bonchev–Trinajstić information content (AvgIpc) is 3.36. The maximum atomic E-state index is 11.9. The molecule has 16 nitrogen and oxygen atoms in total. The van der Waals surface area contributed by atoms with Crippen LogP contribution in [0.3, 0.4) is 0 Å². The highest BCUT2D eigenvalue weighted by Gasteiger charge is 2.33. The van der Waals surface area contributed by atoms with Crippen molar-refractivity contribution < 1.29 is 49.0 Å². The SMILES string of the molecule is CC(CO)(NCc1cc(Cl)c(OCc2cccc(-c3cccc(COc4cc(OCc5cncc(C#N)c5)c(CNC(C)(CO)C(=O)O)cc4Cl)c3Cl)c2Cl)cc1OCc1cncc(C#N)c1)C(=O)O. The van der Waals surface area contributed by atoms with Crippen LogP contribution < -0.4 is 29.6 Å². The molecule has 20 heteroatoms. The number of nitrogens with zero attached hydrogens (tertiary/aromatic N) is 4. The van der Waals surface area contributed by atoms with E-state index < -0.39 is 36.2 Å². The van der Waals surface area contributed by atoms with E-state index in [9.17, 15) is 40.5 Å². The molecule has 0 amide bonds. The van der Waals surface area contributed by atoms with Gasteiger partial charge in [0.1, 0.15) is 72.6 Å². The van der Waals surface area contributed by atoms with Gasteiger partial charge in [0.15, 0.2) is 0 Å². The largest absolute Gasteiger partial charge is 0.488 e. The van der Waals surface area contributed by atoms with Gasteiger partial charge in [0.25, 0.3) is 0 Å². The Balaban J connectivity index is 1.22. The van der Waals surface area contributed by atoms with Crippen LogP contribution in [0.15, 0.2) is 97.6 Å². The van der Waals surface area contributed by atoms with Crippen LogP contribution >= 0.6 is 46.4 Å². The number of pyridine rings is 2. The summed E-state index contributed by atoms with van der Waals surface area (Å²) < 4.78 is 24.7. The molecule has 6 rings (SSSR count). The van der Waals surface area contributed by atoms with Crippen molar-refractivity contribution in [1.29, 1.82) is 10.5 Å². The fourth-order valence-electron chi connectivity index (χ4n) is 6.58. The number of aliphatic hydroxyl groups is 2. The minimum Gasteiger partial charge on any atom is -0.488 e. The van der Waals surface area contributed by atoms with Crippen molar-refractivity contribution >= 4 is 58.3 Å². The number of rotatable bonds is 23. The van der Waals surface area contributed by atoms with Gasteiger partial charge < -0.3 is 39.4 Å². The van der Waals surface area contributed by atoms with Crippen molar-refractivity contribution in [2.75, 3.05) is 13.2 Å². The maximum Gasteiger partial charge on any atom is 0.326 e. The Bertz CT molecular complexity index is 2790. The van der Waals surface area contributed by atoms with Gasteiger partial charge in [-0.15, -0.1) is 0 Å². The Kier molecular flexibility index (Phi) is 17.9. The fourth-order valence-corrected chi connectivity index (χ4v) is 7.63. The molecule has 0 spiro atoms. The second-order valence-electron chi connectivity index (χ2n) is 16.2. The Labute approximate surface area is 422 Å². The number of aliphatic carboxylic acids is 2. The first-order chi connectivity index (χ1) is 33.5. The predicted molar refractivity (Wildman–Crippen MR) is 260 cm³/mol. The van der Waals surface area contributed by atoms with Gasteiger partial charge >= 0.3 is 11.9 Å². The van der Waals surface area contributed by atoms with E-state index in [1.54, 1.807) is 85.2 Å². The highest BCUT2D eigenvalue weighted by molar-refractivity contribution is 6.37. The Hall–Kier alpha value is -6.70. The standard InChI is InChI=1S/C50H44Cl4N6O10/c1-49(27-61,47(63)64)59-21-35-11-39(51)43(13-41(35)67-23-31-9-29(15-55)17-57-19-31)69-25-33-5-3-7-37(45(33)53)38-8-4-6-34(46(38)54)26-70-44-14-42(68-24-32-10-30(16-56)18-58-20-32)36(12-40(44)52)22-60-50(2,28-62)48(65)66/h3-14,17-20,59-62H,21-28H2,1-2H3,(H,63,64)(H,65,66). The van der Waals surface area contributed by atoms with Crippen LogP contribution in [0.1, 0.15) is 58.4 Å². The van der Waals surface area contributed by atoms with Gasteiger partial charge in [-0.05, 0) is 38.1 Å². The van der Waals surface area contributed by atoms with Crippen molar-refractivity contribution in [2.45, 2.75) is 64.4 Å². The first-order valence-electron chi connectivity index (χ1n) is 21.1. The number of carboxylic acid groups (broad SMARTS) is 2. The molecule has 2 aromatic heterocycles. The normalized spacial score (nSPS) is 12.7. The number of benzene rings is 4. The third-order valence-corrected chi connectivity index (χ3v) is 12.5. The van der Waals surface area contributed by atoms with Crippen molar-refractivity contribution in [3.8, 4) is 46.3 Å². The molecule has 0 radical (unpaired) electrons. The lowest BCUT2D eigenvalue weighted by atomic mass is 10.0. The lowest BCUT2D eigenvalue weighted by Gasteiger charge is -2.25. The van der Waals surface area contributed by atoms with Gasteiger partial charge in [0.05, 0.1) is 44.4 Å². The summed E-state index contributed by atoms with van der Waals surface area (Å²) in [5.41, 5.74) is 1.80. The van der Waals surface area contributed by atoms with E-state index >= 15 is 0 Å². The summed E-state index contributed by atoms with van der Waals surface area (Å²) in [6.45, 7) is 1.10. The van der Waals surface area contributed by atoms with E-state index in [4.69, 9.17) is 65.4 Å². The quantitative estimate of drug-likeness (QED) is 0.0351. The summed E-state index contributed by atoms with van der Waals surface area (Å²) in [5, 5.41) is 64.4. The van der Waals surface area contributed by atoms with Gasteiger partial charge in [0, 0.05) is 94.5 Å². The molecule has 0 aliphatic heterocycles. The number of halogens is 4. The number of hydrogen-bond donors (Lipinski definition) is 6. The highest BCUT2D eigenvalue weighted by Crippen LogP contribution is 2.40. The highest BCUT2D eigenvalue weighted by atomic mass is 35.5. The number of carboxylic acids is 2. The number of nitriles is 2. The first-order valence-corrected chi connectivity index (χ1v) is 22.6. The van der Waals surface area contributed by atoms with Gasteiger partial charge in [-0.1, -0.05) is 82.8 Å². The Morgan fingerprint density at radius 3 is 1.31 bits per heavy atom. The van der Waals surface area contributed by atoms with E-state index in [0.29, 0.717) is 65.7 Å². The van der Waals surface area contributed by atoms with Crippen molar-refractivity contribution in [3.63, 3.8) is 0 Å². The molecule has 4 aromatic carbocycles. The van der Waals surface area contributed by atoms with E-state index in [0.717, 1.165) is 0 Å². The third kappa shape index (κ3) is 12.9. The molecule has 0 aliphatic carbocycles. The van der Waals surface area contributed by atoms with Crippen LogP contribution in [0.4, 0.5) is 0 Å². The molecule has 0 aliphatic rings. The van der Waals surface area contributed by atoms with Crippen molar-refractivity contribution in [1.82, 2.24) is 20.6 Å². The lowest BCUT2D eigenvalue weighted by Crippen LogP contribution is -2.52. The van der Waals surface area contributed by atoms with Crippen LogP contribution in [-0.4, -0.2) is 66.6 Å². The van der Waals surface area contributed by atoms with Crippen LogP contribution in [0, 0.1) is 22.7 Å². The second-order valence-corrected chi connectivity index (χ2v) is 17.7. The predicted octanol–water partition coefficient (Wildman–Crippen LogP) is 8.67. The minimum absolute atomic E-state index is 0.00162. The third-order valence-electron chi connectivity index (χ3n) is 11.0. The molecule has 6 N–H and O–H groups in total. The number of nitrogens with one attached hydrogen (secondary N) is 2. The van der Waals surface area contributed by atoms with Crippen LogP contribution in [0.2, 0.25) is 20.1 Å². The average molecular weight is 1030 g/mol. The van der Waals surface area contributed by atoms with Gasteiger partial charge in [0.2, 0.25) is 0 Å². The minimum atomic E-state index is -1.66. The zero-order valence-electron chi connectivity index (χ0n) is 37.4. The topological polar surface area (TPSA) is 249 Å². The van der Waals surface area contributed by atoms with E-state index in [2.05, 4.69) is 20.6 Å². The first kappa shape index (κ1) is 52.7. The van der Waals surface area contributed by atoms with E-state index in [1.807, 2.05) is 12.1 Å². The van der Waals surface area contributed by atoms with Gasteiger partial charge in [-0.25, -0.2) is 0 Å². The molecule has 0 saturated heterocycles. The summed E-state index contributed by atoms with van der Waals surface area (Å²) >= 11 is 27.6. The lowest BCUT2D eigenvalue weighted by molar-refractivity contribution is -0.146. The number of aliphatic hydroxyl groups excluding tert-OH is 2. The molecular weight excluding hydrogens is 986 g/mol. The summed E-state index contributed by atoms with van der Waals surface area (Å²) in [7, 11) is 0. The maximum absolute atomic E-state index is 11.9. The molecule has 2 atom stereocenters. The van der Waals surface area contributed by atoms with Crippen LogP contribution in [0.5, 0.6) is 23.0 Å². The number of ether oxygens (including phenoxy) is 4. The molecule has 2 heterocycles. The van der Waals surface area contributed by atoms with Crippen LogP contribution in [-0.2, 0) is 49.1 Å². The van der Waals surface area contributed by atoms with Gasteiger partial charge in [-0.3, -0.25) is 30.2 Å². The molecule has 0 saturated carbocycles. The molecule has 0 fully saturated rings. The summed E-state index contributed by atoms with van der Waals surface area (Å²) in [6.07, 6.45) is 5.94. The molecule has 2 unspecified atom stereocenters. The molecule has 6 aromatic rings. The molecular formula is C50H44Cl4N6O10. The summed E-state index contributed by atoms with van der Waals surface area (Å²) in [6, 6.07) is 24.3. The number of carbonyl (C=O) groups is 2. The molecule has 0 bridgehead atoms. The van der Waals surface area contributed by atoms with E-state index in [-0.39, 0.29) is 72.6 Å². The molecule has 70 heavy (non-hydrogen) atoms.